The number of hydrogen-bond donors (Lipinski definition) is 1. The lowest BCUT2D eigenvalue weighted by Crippen LogP contribution is -2.26. The van der Waals surface area contributed by atoms with E-state index in [2.05, 4.69) is 16.9 Å². The van der Waals surface area contributed by atoms with Gasteiger partial charge < -0.3 is 4.90 Å². The summed E-state index contributed by atoms with van der Waals surface area (Å²) < 4.78 is 26.5. The van der Waals surface area contributed by atoms with E-state index >= 15 is 0 Å². The topological polar surface area (TPSA) is 66.5 Å². The fraction of sp³-hybridized carbons (Fsp3) is 0.208. The molecule has 3 aromatic rings. The van der Waals surface area contributed by atoms with Crippen molar-refractivity contribution >= 4 is 21.6 Å². The lowest BCUT2D eigenvalue weighted by Gasteiger charge is -2.18. The number of rotatable bonds is 8. The summed E-state index contributed by atoms with van der Waals surface area (Å²) in [5, 5.41) is 0. The molecule has 3 aromatic carbocycles. The largest absolute Gasteiger partial charge is 0.337 e. The summed E-state index contributed by atoms with van der Waals surface area (Å²) in [5.41, 5.74) is 4.13. The molecule has 1 amide bonds. The minimum absolute atomic E-state index is 0.0457. The summed E-state index contributed by atoms with van der Waals surface area (Å²) in [6.45, 7) is 2.26. The maximum atomic E-state index is 12.8. The van der Waals surface area contributed by atoms with Crippen LogP contribution in [0.5, 0.6) is 0 Å². The predicted octanol–water partition coefficient (Wildman–Crippen LogP) is 4.78. The van der Waals surface area contributed by atoms with E-state index in [4.69, 9.17) is 0 Å². The SMILES string of the molecule is CCCS(=O)(=O)Nc1cccc(C(=O)N(C)Cc2ccc(-c3ccccc3)cc2)c1. The number of nitrogens with one attached hydrogen (secondary N) is 1. The quantitative estimate of drug-likeness (QED) is 0.568. The Hall–Kier alpha value is -3.12. The Bertz CT molecular complexity index is 1090. The molecular weight excluding hydrogens is 396 g/mol. The fourth-order valence-corrected chi connectivity index (χ4v) is 4.34. The Labute approximate surface area is 178 Å². The minimum atomic E-state index is -3.40. The zero-order valence-corrected chi connectivity index (χ0v) is 18.0. The van der Waals surface area contributed by atoms with Crippen LogP contribution in [0.2, 0.25) is 0 Å². The highest BCUT2D eigenvalue weighted by atomic mass is 32.2. The zero-order chi connectivity index (χ0) is 21.6. The first kappa shape index (κ1) is 21.6. The van der Waals surface area contributed by atoms with Crippen LogP contribution in [0.4, 0.5) is 5.69 Å². The predicted molar refractivity (Wildman–Crippen MR) is 122 cm³/mol. The molecule has 0 saturated carbocycles. The van der Waals surface area contributed by atoms with Crippen LogP contribution in [0.1, 0.15) is 29.3 Å². The molecule has 0 radical (unpaired) electrons. The second kappa shape index (κ2) is 9.59. The molecule has 30 heavy (non-hydrogen) atoms. The number of hydrogen-bond acceptors (Lipinski definition) is 3. The normalized spacial score (nSPS) is 11.1. The Morgan fingerprint density at radius 1 is 0.900 bits per heavy atom. The van der Waals surface area contributed by atoms with Crippen molar-refractivity contribution in [2.24, 2.45) is 0 Å². The first-order chi connectivity index (χ1) is 14.4. The number of carbonyl (C=O) groups is 1. The van der Waals surface area contributed by atoms with Crippen LogP contribution in [0.3, 0.4) is 0 Å². The first-order valence-electron chi connectivity index (χ1n) is 9.88. The second-order valence-electron chi connectivity index (χ2n) is 7.23. The van der Waals surface area contributed by atoms with Crippen molar-refractivity contribution < 1.29 is 13.2 Å². The summed E-state index contributed by atoms with van der Waals surface area (Å²) in [5.74, 6) is -0.122. The molecule has 0 aliphatic rings. The van der Waals surface area contributed by atoms with E-state index in [1.54, 1.807) is 43.1 Å². The number of amides is 1. The molecule has 3 rings (SSSR count). The lowest BCUT2D eigenvalue weighted by molar-refractivity contribution is 0.0785. The number of sulfonamides is 1. The van der Waals surface area contributed by atoms with E-state index in [0.717, 1.165) is 16.7 Å². The molecule has 6 heteroatoms. The molecule has 0 spiro atoms. The molecule has 156 valence electrons. The summed E-state index contributed by atoms with van der Waals surface area (Å²) in [4.78, 5) is 14.5. The highest BCUT2D eigenvalue weighted by Crippen LogP contribution is 2.20. The summed E-state index contributed by atoms with van der Waals surface area (Å²) >= 11 is 0. The van der Waals surface area contributed by atoms with E-state index < -0.39 is 10.0 Å². The van der Waals surface area contributed by atoms with Crippen LogP contribution >= 0.6 is 0 Å². The Kier molecular flexibility index (Phi) is 6.90. The van der Waals surface area contributed by atoms with Gasteiger partial charge in [-0.2, -0.15) is 0 Å². The fourth-order valence-electron chi connectivity index (χ4n) is 3.21. The van der Waals surface area contributed by atoms with Gasteiger partial charge in [0.2, 0.25) is 10.0 Å². The van der Waals surface area contributed by atoms with Gasteiger partial charge in [-0.3, -0.25) is 9.52 Å². The van der Waals surface area contributed by atoms with Crippen LogP contribution in [0.25, 0.3) is 11.1 Å². The number of nitrogens with zero attached hydrogens (tertiary/aromatic N) is 1. The van der Waals surface area contributed by atoms with Gasteiger partial charge in [0, 0.05) is 24.8 Å². The number of benzene rings is 3. The average Bonchev–Trinajstić information content (AvgIpc) is 2.74. The molecule has 0 aromatic heterocycles. The summed E-state index contributed by atoms with van der Waals surface area (Å²) in [6.07, 6.45) is 0.528. The molecule has 0 bridgehead atoms. The van der Waals surface area contributed by atoms with Crippen LogP contribution < -0.4 is 4.72 Å². The van der Waals surface area contributed by atoms with E-state index in [9.17, 15) is 13.2 Å². The summed E-state index contributed by atoms with van der Waals surface area (Å²) in [6, 6.07) is 24.8. The molecule has 1 N–H and O–H groups in total. The van der Waals surface area contributed by atoms with E-state index in [1.165, 1.54) is 0 Å². The van der Waals surface area contributed by atoms with Gasteiger partial charge in [0.05, 0.1) is 5.75 Å². The van der Waals surface area contributed by atoms with E-state index in [1.807, 2.05) is 42.5 Å². The average molecular weight is 423 g/mol. The maximum absolute atomic E-state index is 12.8. The molecule has 0 heterocycles. The van der Waals surface area contributed by atoms with Crippen molar-refractivity contribution in [1.29, 1.82) is 0 Å². The first-order valence-corrected chi connectivity index (χ1v) is 11.5. The minimum Gasteiger partial charge on any atom is -0.337 e. The van der Waals surface area contributed by atoms with Gasteiger partial charge in [0.1, 0.15) is 0 Å². The van der Waals surface area contributed by atoms with E-state index in [0.29, 0.717) is 24.2 Å². The van der Waals surface area contributed by atoms with Gasteiger partial charge in [0.25, 0.3) is 5.91 Å². The maximum Gasteiger partial charge on any atom is 0.253 e. The zero-order valence-electron chi connectivity index (χ0n) is 17.2. The van der Waals surface area contributed by atoms with Gasteiger partial charge >= 0.3 is 0 Å². The van der Waals surface area contributed by atoms with Gasteiger partial charge in [-0.15, -0.1) is 0 Å². The van der Waals surface area contributed by atoms with Crippen molar-refractivity contribution in [1.82, 2.24) is 4.90 Å². The molecule has 0 atom stereocenters. The molecule has 0 fully saturated rings. The van der Waals surface area contributed by atoms with E-state index in [-0.39, 0.29) is 11.7 Å². The third kappa shape index (κ3) is 5.70. The van der Waals surface area contributed by atoms with Crippen molar-refractivity contribution in [2.45, 2.75) is 19.9 Å². The van der Waals surface area contributed by atoms with Crippen molar-refractivity contribution in [3.63, 3.8) is 0 Å². The van der Waals surface area contributed by atoms with Crippen molar-refractivity contribution in [3.05, 3.63) is 90.0 Å². The molecule has 5 nitrogen and oxygen atoms in total. The third-order valence-electron chi connectivity index (χ3n) is 4.68. The number of anilines is 1. The summed E-state index contributed by atoms with van der Waals surface area (Å²) in [7, 11) is -1.66. The Morgan fingerprint density at radius 3 is 2.23 bits per heavy atom. The smallest absolute Gasteiger partial charge is 0.253 e. The van der Waals surface area contributed by atoms with Crippen LogP contribution in [0.15, 0.2) is 78.9 Å². The standard InChI is InChI=1S/C24H26N2O3S/c1-3-16-30(28,29)25-23-11-7-10-22(17-23)24(27)26(2)18-19-12-14-21(15-13-19)20-8-5-4-6-9-20/h4-15,17,25H,3,16,18H2,1-2H3. The van der Waals surface area contributed by atoms with Crippen LogP contribution in [-0.2, 0) is 16.6 Å². The Morgan fingerprint density at radius 2 is 1.57 bits per heavy atom. The lowest BCUT2D eigenvalue weighted by atomic mass is 10.0. The highest BCUT2D eigenvalue weighted by Gasteiger charge is 2.14. The van der Waals surface area contributed by atoms with Crippen molar-refractivity contribution in [2.75, 3.05) is 17.5 Å². The van der Waals surface area contributed by atoms with Gasteiger partial charge in [0.15, 0.2) is 0 Å². The van der Waals surface area contributed by atoms with Gasteiger partial charge in [-0.25, -0.2) is 8.42 Å². The monoisotopic (exact) mass is 422 g/mol. The third-order valence-corrected chi connectivity index (χ3v) is 6.18. The van der Waals surface area contributed by atoms with Crippen LogP contribution in [0, 0.1) is 0 Å². The van der Waals surface area contributed by atoms with Gasteiger partial charge in [-0.05, 0) is 41.3 Å². The molecule has 0 aliphatic carbocycles. The highest BCUT2D eigenvalue weighted by molar-refractivity contribution is 7.92. The Balaban J connectivity index is 1.68. The molecule has 0 aliphatic heterocycles. The molecule has 0 saturated heterocycles. The number of carbonyl (C=O) groups excluding carboxylic acids is 1. The van der Waals surface area contributed by atoms with Gasteiger partial charge in [-0.1, -0.05) is 67.6 Å². The molecule has 0 unspecified atom stereocenters. The molecular formula is C24H26N2O3S. The van der Waals surface area contributed by atoms with Crippen LogP contribution in [-0.4, -0.2) is 32.0 Å². The second-order valence-corrected chi connectivity index (χ2v) is 9.07. The van der Waals surface area contributed by atoms with Crippen molar-refractivity contribution in [3.8, 4) is 11.1 Å².